The average molecular weight is 401 g/mol. The number of sulfonamides is 1. The van der Waals surface area contributed by atoms with Gasteiger partial charge in [-0.25, -0.2) is 16.8 Å². The number of aryl methyl sites for hydroxylation is 2. The lowest BCUT2D eigenvalue weighted by atomic mass is 10.1. The molecule has 1 aliphatic heterocycles. The number of likely N-dealkylation sites (N-methyl/N-ethyl adjacent to an activating group) is 1. The number of carbonyl (C=O) groups is 1. The van der Waals surface area contributed by atoms with Gasteiger partial charge in [-0.2, -0.15) is 4.31 Å². The van der Waals surface area contributed by atoms with E-state index in [0.717, 1.165) is 29.1 Å². The number of rotatable bonds is 6. The van der Waals surface area contributed by atoms with Crippen molar-refractivity contribution < 1.29 is 21.6 Å². The number of hydrogen-bond donors (Lipinski definition) is 1. The Morgan fingerprint density at radius 3 is 2.65 bits per heavy atom. The summed E-state index contributed by atoms with van der Waals surface area (Å²) in [6.45, 7) is 1.53. The lowest BCUT2D eigenvalue weighted by Crippen LogP contribution is -2.44. The van der Waals surface area contributed by atoms with Crippen molar-refractivity contribution in [2.24, 2.45) is 0 Å². The molecular weight excluding hydrogens is 376 g/mol. The van der Waals surface area contributed by atoms with E-state index in [0.29, 0.717) is 6.42 Å². The van der Waals surface area contributed by atoms with E-state index in [9.17, 15) is 21.6 Å². The topological polar surface area (TPSA) is 101 Å². The normalized spacial score (nSPS) is 21.7. The van der Waals surface area contributed by atoms with E-state index in [-0.39, 0.29) is 29.5 Å². The first kappa shape index (κ1) is 19.3. The Kier molecular flexibility index (Phi) is 5.41. The number of hydrogen-bond acceptors (Lipinski definition) is 5. The van der Waals surface area contributed by atoms with Gasteiger partial charge in [0.1, 0.15) is 0 Å². The van der Waals surface area contributed by atoms with Crippen molar-refractivity contribution in [3.63, 3.8) is 0 Å². The largest absolute Gasteiger partial charge is 0.351 e. The van der Waals surface area contributed by atoms with Gasteiger partial charge in [0.2, 0.25) is 15.9 Å². The van der Waals surface area contributed by atoms with E-state index in [4.69, 9.17) is 0 Å². The number of benzene rings is 1. The van der Waals surface area contributed by atoms with Gasteiger partial charge in [0.15, 0.2) is 9.84 Å². The summed E-state index contributed by atoms with van der Waals surface area (Å²) in [7, 11) is -6.87. The maximum atomic E-state index is 12.9. The van der Waals surface area contributed by atoms with Crippen LogP contribution in [0.1, 0.15) is 30.9 Å². The second-order valence-electron chi connectivity index (χ2n) is 6.88. The Hall–Kier alpha value is -1.45. The van der Waals surface area contributed by atoms with E-state index >= 15 is 0 Å². The van der Waals surface area contributed by atoms with E-state index < -0.39 is 31.8 Å². The molecule has 1 aromatic rings. The number of carbonyl (C=O) groups excluding carboxylic acids is 1. The Labute approximate surface area is 154 Å². The van der Waals surface area contributed by atoms with E-state index in [1.54, 1.807) is 19.1 Å². The number of sulfone groups is 1. The van der Waals surface area contributed by atoms with Gasteiger partial charge in [-0.15, -0.1) is 0 Å². The van der Waals surface area contributed by atoms with E-state index in [1.165, 1.54) is 5.56 Å². The number of nitrogens with one attached hydrogen (secondary N) is 1. The van der Waals surface area contributed by atoms with Crippen LogP contribution in [0, 0.1) is 0 Å². The van der Waals surface area contributed by atoms with Gasteiger partial charge >= 0.3 is 0 Å². The van der Waals surface area contributed by atoms with Gasteiger partial charge in [-0.3, -0.25) is 4.79 Å². The molecule has 1 amide bonds. The lowest BCUT2D eigenvalue weighted by Gasteiger charge is -2.21. The highest BCUT2D eigenvalue weighted by Crippen LogP contribution is 2.26. The predicted molar refractivity (Wildman–Crippen MR) is 98.1 cm³/mol. The minimum Gasteiger partial charge on any atom is -0.351 e. The van der Waals surface area contributed by atoms with Crippen LogP contribution in [0.5, 0.6) is 0 Å². The van der Waals surface area contributed by atoms with Crippen LogP contribution in [0.2, 0.25) is 0 Å². The van der Waals surface area contributed by atoms with Crippen LogP contribution in [-0.4, -0.2) is 57.7 Å². The zero-order chi connectivity index (χ0) is 18.9. The van der Waals surface area contributed by atoms with Crippen LogP contribution >= 0.6 is 0 Å². The van der Waals surface area contributed by atoms with Crippen molar-refractivity contribution in [1.29, 1.82) is 0 Å². The Morgan fingerprint density at radius 1 is 1.27 bits per heavy atom. The van der Waals surface area contributed by atoms with Crippen molar-refractivity contribution in [2.45, 2.75) is 43.5 Å². The zero-order valence-corrected chi connectivity index (χ0v) is 16.4. The molecule has 1 aromatic carbocycles. The zero-order valence-electron chi connectivity index (χ0n) is 14.8. The Balaban J connectivity index is 1.70. The lowest BCUT2D eigenvalue weighted by molar-refractivity contribution is -0.121. The number of fused-ring (bicyclic) bond motifs is 1. The summed E-state index contributed by atoms with van der Waals surface area (Å²) in [4.78, 5) is 12.4. The average Bonchev–Trinajstić information content (AvgIpc) is 3.17. The van der Waals surface area contributed by atoms with Crippen LogP contribution in [0.4, 0.5) is 0 Å². The van der Waals surface area contributed by atoms with Crippen molar-refractivity contribution in [1.82, 2.24) is 9.62 Å². The second-order valence-corrected chi connectivity index (χ2v) is 11.0. The molecule has 1 atom stereocenters. The van der Waals surface area contributed by atoms with E-state index in [2.05, 4.69) is 5.32 Å². The third kappa shape index (κ3) is 4.10. The predicted octanol–water partition coefficient (Wildman–Crippen LogP) is 0.489. The standard InChI is InChI=1S/C17H24N2O5S2/c1-2-19(11-17(20)18-15-8-9-25(21,22)12-15)26(23,24)16-7-6-13-4-3-5-14(13)10-16/h6-7,10,15H,2-5,8-9,11-12H2,1H3,(H,18,20)/t15-/m1/s1. The summed E-state index contributed by atoms with van der Waals surface area (Å²) in [5, 5.41) is 2.64. The van der Waals surface area contributed by atoms with Crippen molar-refractivity contribution in [3.8, 4) is 0 Å². The molecule has 9 heteroatoms. The van der Waals surface area contributed by atoms with Crippen LogP contribution in [-0.2, 0) is 37.5 Å². The minimum absolute atomic E-state index is 0.0584. The molecule has 144 valence electrons. The molecule has 1 saturated heterocycles. The molecule has 0 saturated carbocycles. The fourth-order valence-corrected chi connectivity index (χ4v) is 6.70. The maximum Gasteiger partial charge on any atom is 0.243 e. The SMILES string of the molecule is CCN(CC(=O)N[C@@H]1CCS(=O)(=O)C1)S(=O)(=O)c1ccc2c(c1)CCC2. The molecule has 1 N–H and O–H groups in total. The van der Waals surface area contributed by atoms with Crippen LogP contribution < -0.4 is 5.32 Å². The number of amides is 1. The third-order valence-corrected chi connectivity index (χ3v) is 8.66. The molecule has 3 rings (SSSR count). The molecule has 2 aliphatic rings. The second kappa shape index (κ2) is 7.28. The summed E-state index contributed by atoms with van der Waals surface area (Å²) in [5.74, 6) is -0.496. The fraction of sp³-hybridized carbons (Fsp3) is 0.588. The molecular formula is C17H24N2O5S2. The molecule has 26 heavy (non-hydrogen) atoms. The van der Waals surface area contributed by atoms with Gasteiger partial charge in [0.25, 0.3) is 0 Å². The highest BCUT2D eigenvalue weighted by atomic mass is 32.2. The highest BCUT2D eigenvalue weighted by molar-refractivity contribution is 7.91. The van der Waals surface area contributed by atoms with Crippen LogP contribution in [0.15, 0.2) is 23.1 Å². The molecule has 1 fully saturated rings. The molecule has 0 unspecified atom stereocenters. The Morgan fingerprint density at radius 2 is 2.00 bits per heavy atom. The highest BCUT2D eigenvalue weighted by Gasteiger charge is 2.31. The summed E-state index contributed by atoms with van der Waals surface area (Å²) in [6, 6.07) is 4.73. The quantitative estimate of drug-likeness (QED) is 0.749. The first-order valence-corrected chi connectivity index (χ1v) is 12.1. The molecule has 1 aliphatic carbocycles. The molecule has 0 spiro atoms. The van der Waals surface area contributed by atoms with Gasteiger partial charge in [0.05, 0.1) is 22.9 Å². The van der Waals surface area contributed by atoms with Gasteiger partial charge in [-0.1, -0.05) is 13.0 Å². The summed E-state index contributed by atoms with van der Waals surface area (Å²) >= 11 is 0. The summed E-state index contributed by atoms with van der Waals surface area (Å²) in [6.07, 6.45) is 3.25. The molecule has 1 heterocycles. The van der Waals surface area contributed by atoms with Crippen molar-refractivity contribution >= 4 is 25.8 Å². The first-order chi connectivity index (χ1) is 12.2. The Bertz CT molecular complexity index is 909. The van der Waals surface area contributed by atoms with E-state index in [1.807, 2.05) is 6.07 Å². The van der Waals surface area contributed by atoms with Crippen LogP contribution in [0.25, 0.3) is 0 Å². The molecule has 7 nitrogen and oxygen atoms in total. The maximum absolute atomic E-state index is 12.9. The molecule has 0 bridgehead atoms. The van der Waals surface area contributed by atoms with Gasteiger partial charge in [-0.05, 0) is 48.9 Å². The molecule has 0 aromatic heterocycles. The minimum atomic E-state index is -3.77. The van der Waals surface area contributed by atoms with Crippen LogP contribution in [0.3, 0.4) is 0 Å². The summed E-state index contributed by atoms with van der Waals surface area (Å²) < 4.78 is 49.9. The summed E-state index contributed by atoms with van der Waals surface area (Å²) in [5.41, 5.74) is 2.25. The molecule has 0 radical (unpaired) electrons. The third-order valence-electron chi connectivity index (χ3n) is 4.98. The first-order valence-electron chi connectivity index (χ1n) is 8.83. The smallest absolute Gasteiger partial charge is 0.243 e. The monoisotopic (exact) mass is 400 g/mol. The van der Waals surface area contributed by atoms with Crippen molar-refractivity contribution in [3.05, 3.63) is 29.3 Å². The van der Waals surface area contributed by atoms with Crippen molar-refractivity contribution in [2.75, 3.05) is 24.6 Å². The van der Waals surface area contributed by atoms with Gasteiger partial charge in [0, 0.05) is 12.6 Å². The van der Waals surface area contributed by atoms with Gasteiger partial charge < -0.3 is 5.32 Å². The number of nitrogens with zero attached hydrogens (tertiary/aromatic N) is 1. The fourth-order valence-electron chi connectivity index (χ4n) is 3.57.